The highest BCUT2D eigenvalue weighted by Gasteiger charge is 2.37. The van der Waals surface area contributed by atoms with Gasteiger partial charge in [0.25, 0.3) is 0 Å². The van der Waals surface area contributed by atoms with Crippen molar-refractivity contribution < 1.29 is 4.79 Å². The Morgan fingerprint density at radius 1 is 0.956 bits per heavy atom. The quantitative estimate of drug-likeness (QED) is 0.204. The van der Waals surface area contributed by atoms with Gasteiger partial charge in [-0.05, 0) is 93.3 Å². The number of amides is 1. The summed E-state index contributed by atoms with van der Waals surface area (Å²) in [6.45, 7) is 9.64. The lowest BCUT2D eigenvalue weighted by molar-refractivity contribution is -0.138. The van der Waals surface area contributed by atoms with Crippen molar-refractivity contribution in [1.82, 2.24) is 19.6 Å². The number of nitrogens with two attached hydrogens (primary N) is 1. The van der Waals surface area contributed by atoms with E-state index in [4.69, 9.17) is 28.9 Å². The highest BCUT2D eigenvalue weighted by Crippen LogP contribution is 2.28. The molecule has 3 aromatic rings. The third kappa shape index (κ3) is 10.4. The van der Waals surface area contributed by atoms with Gasteiger partial charge < -0.3 is 20.4 Å². The maximum atomic E-state index is 14.1. The minimum atomic E-state index is 0.177. The minimum absolute atomic E-state index is 0.177. The van der Waals surface area contributed by atoms with Crippen LogP contribution in [0.25, 0.3) is 10.8 Å². The van der Waals surface area contributed by atoms with Gasteiger partial charge in [0.2, 0.25) is 5.91 Å². The van der Waals surface area contributed by atoms with E-state index < -0.39 is 0 Å². The van der Waals surface area contributed by atoms with E-state index in [1.807, 2.05) is 12.1 Å². The van der Waals surface area contributed by atoms with Gasteiger partial charge in [-0.1, -0.05) is 85.6 Å². The molecule has 3 atom stereocenters. The zero-order chi connectivity index (χ0) is 32.5. The summed E-state index contributed by atoms with van der Waals surface area (Å²) in [6, 6.07) is 21.3. The predicted molar refractivity (Wildman–Crippen MR) is 191 cm³/mol. The molecule has 0 saturated carbocycles. The number of hydrogen-bond acceptors (Lipinski definition) is 5. The van der Waals surface area contributed by atoms with Crippen LogP contribution in [-0.4, -0.2) is 104 Å². The van der Waals surface area contributed by atoms with Gasteiger partial charge in [0, 0.05) is 60.9 Å². The van der Waals surface area contributed by atoms with Gasteiger partial charge >= 0.3 is 0 Å². The highest BCUT2D eigenvalue weighted by molar-refractivity contribution is 6.35. The van der Waals surface area contributed by atoms with Gasteiger partial charge in [0.15, 0.2) is 0 Å². The van der Waals surface area contributed by atoms with Crippen LogP contribution in [0.4, 0.5) is 0 Å². The van der Waals surface area contributed by atoms with Gasteiger partial charge in [-0.2, -0.15) is 0 Å². The summed E-state index contributed by atoms with van der Waals surface area (Å²) in [4.78, 5) is 23.6. The zero-order valence-corrected chi connectivity index (χ0v) is 29.4. The summed E-state index contributed by atoms with van der Waals surface area (Å²) in [5, 5.41) is 3.76. The lowest BCUT2D eigenvalue weighted by atomic mass is 9.93. The molecule has 6 nitrogen and oxygen atoms in total. The fraction of sp³-hybridized carbons (Fsp3) is 0.541. The molecule has 0 radical (unpaired) electrons. The van der Waals surface area contributed by atoms with Crippen LogP contribution in [0, 0.1) is 5.92 Å². The summed E-state index contributed by atoms with van der Waals surface area (Å²) in [5.41, 5.74) is 8.01. The number of nitrogens with zero attached hydrogens (tertiary/aromatic N) is 4. The molecule has 1 saturated heterocycles. The fourth-order valence-corrected chi connectivity index (χ4v) is 7.22. The van der Waals surface area contributed by atoms with E-state index in [2.05, 4.69) is 103 Å². The number of piperazine rings is 1. The summed E-state index contributed by atoms with van der Waals surface area (Å²) < 4.78 is 0. The smallest absolute Gasteiger partial charge is 0.227 e. The number of fused-ring (bicyclic) bond motifs is 1. The molecular weight excluding hydrogens is 601 g/mol. The van der Waals surface area contributed by atoms with E-state index in [-0.39, 0.29) is 24.0 Å². The Kier molecular flexibility index (Phi) is 13.6. The second-order valence-corrected chi connectivity index (χ2v) is 14.4. The summed E-state index contributed by atoms with van der Waals surface area (Å²) in [5.74, 6) is 0.727. The Morgan fingerprint density at radius 3 is 2.40 bits per heavy atom. The van der Waals surface area contributed by atoms with Gasteiger partial charge in [0.1, 0.15) is 0 Å². The normalized spacial score (nSPS) is 18.4. The molecule has 0 bridgehead atoms. The van der Waals surface area contributed by atoms with Crippen molar-refractivity contribution in [2.45, 2.75) is 64.1 Å². The molecule has 8 heteroatoms. The average Bonchev–Trinajstić information content (AvgIpc) is 2.98. The van der Waals surface area contributed by atoms with Crippen LogP contribution >= 0.6 is 23.2 Å². The lowest BCUT2D eigenvalue weighted by Crippen LogP contribution is -2.62. The number of halogens is 2. The summed E-state index contributed by atoms with van der Waals surface area (Å²) in [6.07, 6.45) is 4.35. The number of carbonyl (C=O) groups is 1. The van der Waals surface area contributed by atoms with Gasteiger partial charge in [-0.3, -0.25) is 9.69 Å². The number of hydrogen-bond donors (Lipinski definition) is 1. The number of likely N-dealkylation sites (N-methyl/N-ethyl adjacent to an activating group) is 2. The molecule has 45 heavy (non-hydrogen) atoms. The summed E-state index contributed by atoms with van der Waals surface area (Å²) >= 11 is 12.8. The minimum Gasteiger partial charge on any atom is -0.337 e. The Balaban J connectivity index is 1.56. The molecule has 0 aliphatic carbocycles. The first-order chi connectivity index (χ1) is 21.5. The second kappa shape index (κ2) is 17.1. The van der Waals surface area contributed by atoms with Crippen molar-refractivity contribution >= 4 is 39.9 Å². The third-order valence-electron chi connectivity index (χ3n) is 9.28. The molecule has 246 valence electrons. The third-order valence-corrected chi connectivity index (χ3v) is 9.86. The van der Waals surface area contributed by atoms with E-state index in [1.165, 1.54) is 10.8 Å². The topological polar surface area (TPSA) is 56.1 Å². The standard InChI is InChI=1S/C37H53Cl2N5O/c1-27(2)19-35-25-43(24-34(41(3)4)22-31-14-15-32(38)23-36(31)39)33(11-8-17-42(5)18-16-40)26-44(35)37(45)21-28-12-13-29-9-6-7-10-30(29)20-28/h6-7,9-10,12-15,20,23,27,33-35H,8,11,16-19,21-22,24-26,40H2,1-5H3/t33-,34?,35+/m0/s1. The van der Waals surface area contributed by atoms with Crippen LogP contribution in [0.3, 0.4) is 0 Å². The monoisotopic (exact) mass is 653 g/mol. The molecule has 1 amide bonds. The summed E-state index contributed by atoms with van der Waals surface area (Å²) in [7, 11) is 6.45. The van der Waals surface area contributed by atoms with Crippen molar-refractivity contribution in [2.75, 3.05) is 60.4 Å². The Morgan fingerprint density at radius 2 is 1.71 bits per heavy atom. The van der Waals surface area contributed by atoms with Gasteiger partial charge in [-0.15, -0.1) is 0 Å². The lowest BCUT2D eigenvalue weighted by Gasteiger charge is -2.49. The van der Waals surface area contributed by atoms with Crippen molar-refractivity contribution in [1.29, 1.82) is 0 Å². The van der Waals surface area contributed by atoms with E-state index in [9.17, 15) is 4.79 Å². The molecule has 4 rings (SSSR count). The molecule has 1 unspecified atom stereocenters. The van der Waals surface area contributed by atoms with Crippen LogP contribution in [0.5, 0.6) is 0 Å². The van der Waals surface area contributed by atoms with Crippen molar-refractivity contribution in [3.63, 3.8) is 0 Å². The molecule has 1 fully saturated rings. The van der Waals surface area contributed by atoms with E-state index >= 15 is 0 Å². The van der Waals surface area contributed by atoms with Crippen LogP contribution in [0.2, 0.25) is 10.0 Å². The maximum Gasteiger partial charge on any atom is 0.227 e. The molecule has 0 aromatic heterocycles. The van der Waals surface area contributed by atoms with Crippen LogP contribution < -0.4 is 5.73 Å². The maximum absolute atomic E-state index is 14.1. The molecule has 0 spiro atoms. The zero-order valence-electron chi connectivity index (χ0n) is 27.9. The van der Waals surface area contributed by atoms with E-state index in [0.29, 0.717) is 23.9 Å². The molecular formula is C37H53Cl2N5O. The fourth-order valence-electron chi connectivity index (χ4n) is 6.73. The van der Waals surface area contributed by atoms with Crippen LogP contribution in [0.1, 0.15) is 44.2 Å². The van der Waals surface area contributed by atoms with E-state index in [1.54, 1.807) is 0 Å². The number of carbonyl (C=O) groups excluding carboxylic acids is 1. The Hall–Kier alpha value is -2.19. The molecule has 1 heterocycles. The average molecular weight is 655 g/mol. The second-order valence-electron chi connectivity index (χ2n) is 13.6. The first-order valence-electron chi connectivity index (χ1n) is 16.5. The largest absolute Gasteiger partial charge is 0.337 e. The Bertz CT molecular complexity index is 1380. The van der Waals surface area contributed by atoms with Crippen molar-refractivity contribution in [3.8, 4) is 0 Å². The first kappa shape index (κ1) is 35.7. The molecule has 1 aliphatic heterocycles. The van der Waals surface area contributed by atoms with Crippen molar-refractivity contribution in [3.05, 3.63) is 81.8 Å². The van der Waals surface area contributed by atoms with E-state index in [0.717, 1.165) is 74.6 Å². The SMILES string of the molecule is CC(C)C[C@@H]1CN(CC(Cc2ccc(Cl)cc2Cl)N(C)C)[C@@H](CCCN(C)CCN)CN1C(=O)Cc1ccc2ccccc2c1. The highest BCUT2D eigenvalue weighted by atomic mass is 35.5. The van der Waals surface area contributed by atoms with Gasteiger partial charge in [0.05, 0.1) is 6.42 Å². The molecule has 3 aromatic carbocycles. The number of rotatable bonds is 15. The van der Waals surface area contributed by atoms with Crippen LogP contribution in [0.15, 0.2) is 60.7 Å². The molecule has 2 N–H and O–H groups in total. The number of benzene rings is 3. The Labute approximate surface area is 281 Å². The first-order valence-corrected chi connectivity index (χ1v) is 17.3. The molecule has 1 aliphatic rings. The van der Waals surface area contributed by atoms with Crippen molar-refractivity contribution in [2.24, 2.45) is 11.7 Å². The van der Waals surface area contributed by atoms with Crippen LogP contribution in [-0.2, 0) is 17.6 Å². The van der Waals surface area contributed by atoms with Gasteiger partial charge in [-0.25, -0.2) is 0 Å². The predicted octanol–water partition coefficient (Wildman–Crippen LogP) is 6.46.